The molecule has 1 aromatic carbocycles. The normalized spacial score (nSPS) is 10.3. The molecular formula is C17H21NO5. The molecule has 0 aliphatic heterocycles. The zero-order valence-electron chi connectivity index (χ0n) is 14.0. The van der Waals surface area contributed by atoms with Crippen molar-refractivity contribution in [3.63, 3.8) is 0 Å². The number of carbonyl (C=O) groups is 1. The second-order valence-corrected chi connectivity index (χ2v) is 5.08. The molecule has 6 nitrogen and oxygen atoms in total. The summed E-state index contributed by atoms with van der Waals surface area (Å²) >= 11 is 0. The van der Waals surface area contributed by atoms with E-state index >= 15 is 0 Å². The number of rotatable bonds is 6. The Kier molecular flexibility index (Phi) is 5.16. The van der Waals surface area contributed by atoms with Crippen molar-refractivity contribution in [2.24, 2.45) is 0 Å². The summed E-state index contributed by atoms with van der Waals surface area (Å²) in [6, 6.07) is 6.97. The molecule has 0 spiro atoms. The Morgan fingerprint density at radius 3 is 2.17 bits per heavy atom. The molecule has 0 saturated carbocycles. The number of carbonyl (C=O) groups excluding carboxylic acids is 1. The average molecular weight is 319 g/mol. The monoisotopic (exact) mass is 319 g/mol. The highest BCUT2D eigenvalue weighted by Gasteiger charge is 2.21. The van der Waals surface area contributed by atoms with E-state index in [-0.39, 0.29) is 5.91 Å². The molecule has 1 amide bonds. The number of nitrogens with zero attached hydrogens (tertiary/aromatic N) is 1. The van der Waals surface area contributed by atoms with Gasteiger partial charge in [-0.25, -0.2) is 0 Å². The quantitative estimate of drug-likeness (QED) is 0.819. The Bertz CT molecular complexity index is 692. The second-order valence-electron chi connectivity index (χ2n) is 5.08. The van der Waals surface area contributed by atoms with Crippen molar-refractivity contribution in [2.45, 2.75) is 13.5 Å². The third-order valence-corrected chi connectivity index (χ3v) is 3.47. The van der Waals surface area contributed by atoms with E-state index in [1.165, 1.54) is 21.3 Å². The first-order valence-electron chi connectivity index (χ1n) is 7.11. The third-order valence-electron chi connectivity index (χ3n) is 3.47. The molecule has 0 saturated heterocycles. The number of benzene rings is 1. The Hall–Kier alpha value is -2.63. The van der Waals surface area contributed by atoms with Gasteiger partial charge in [0, 0.05) is 19.2 Å². The standard InChI is InChI=1S/C17H21NO5/c1-11-6-7-12(23-11)10-18(2)17(19)13-8-15(21-4)16(22-5)9-14(13)20-3/h6-9H,10H2,1-5H3. The van der Waals surface area contributed by atoms with Gasteiger partial charge in [-0.2, -0.15) is 0 Å². The lowest BCUT2D eigenvalue weighted by Crippen LogP contribution is -2.26. The molecule has 0 N–H and O–H groups in total. The molecular weight excluding hydrogens is 298 g/mol. The lowest BCUT2D eigenvalue weighted by atomic mass is 10.1. The topological polar surface area (TPSA) is 61.1 Å². The fourth-order valence-corrected chi connectivity index (χ4v) is 2.28. The highest BCUT2D eigenvalue weighted by molar-refractivity contribution is 5.97. The summed E-state index contributed by atoms with van der Waals surface area (Å²) in [6.07, 6.45) is 0. The molecule has 23 heavy (non-hydrogen) atoms. The highest BCUT2D eigenvalue weighted by atomic mass is 16.5. The van der Waals surface area contributed by atoms with Crippen LogP contribution in [0.3, 0.4) is 0 Å². The van der Waals surface area contributed by atoms with Gasteiger partial charge in [-0.3, -0.25) is 4.79 Å². The largest absolute Gasteiger partial charge is 0.496 e. The van der Waals surface area contributed by atoms with Gasteiger partial charge in [0.1, 0.15) is 17.3 Å². The molecule has 0 bridgehead atoms. The third kappa shape index (κ3) is 3.59. The second kappa shape index (κ2) is 7.09. The number of methoxy groups -OCH3 is 3. The average Bonchev–Trinajstić information content (AvgIpc) is 2.97. The maximum atomic E-state index is 12.7. The summed E-state index contributed by atoms with van der Waals surface area (Å²) in [4.78, 5) is 14.3. The van der Waals surface area contributed by atoms with E-state index in [2.05, 4.69) is 0 Å². The molecule has 0 radical (unpaired) electrons. The van der Waals surface area contributed by atoms with E-state index < -0.39 is 0 Å². The number of aryl methyl sites for hydroxylation is 1. The van der Waals surface area contributed by atoms with E-state index in [1.54, 1.807) is 24.1 Å². The van der Waals surface area contributed by atoms with E-state index in [0.29, 0.717) is 29.4 Å². The van der Waals surface area contributed by atoms with Gasteiger partial charge in [0.2, 0.25) is 0 Å². The van der Waals surface area contributed by atoms with Crippen LogP contribution in [0.4, 0.5) is 0 Å². The molecule has 0 unspecified atom stereocenters. The zero-order valence-corrected chi connectivity index (χ0v) is 14.0. The van der Waals surface area contributed by atoms with Crippen LogP contribution < -0.4 is 14.2 Å². The lowest BCUT2D eigenvalue weighted by Gasteiger charge is -2.19. The van der Waals surface area contributed by atoms with Gasteiger partial charge in [0.15, 0.2) is 11.5 Å². The van der Waals surface area contributed by atoms with Crippen LogP contribution >= 0.6 is 0 Å². The predicted molar refractivity (Wildman–Crippen MR) is 85.3 cm³/mol. The molecule has 124 valence electrons. The van der Waals surface area contributed by atoms with E-state index in [1.807, 2.05) is 19.1 Å². The first kappa shape index (κ1) is 16.7. The first-order chi connectivity index (χ1) is 11.0. The highest BCUT2D eigenvalue weighted by Crippen LogP contribution is 2.35. The summed E-state index contributed by atoms with van der Waals surface area (Å²) in [7, 11) is 6.27. The van der Waals surface area contributed by atoms with Crippen molar-refractivity contribution in [2.75, 3.05) is 28.4 Å². The van der Waals surface area contributed by atoms with Crippen LogP contribution in [-0.2, 0) is 6.54 Å². The van der Waals surface area contributed by atoms with Crippen molar-refractivity contribution in [3.8, 4) is 17.2 Å². The van der Waals surface area contributed by atoms with Gasteiger partial charge < -0.3 is 23.5 Å². The maximum Gasteiger partial charge on any atom is 0.257 e. The SMILES string of the molecule is COc1cc(OC)c(C(=O)N(C)Cc2ccc(C)o2)cc1OC. The van der Waals surface area contributed by atoms with E-state index in [9.17, 15) is 4.79 Å². The van der Waals surface area contributed by atoms with Crippen LogP contribution in [0.25, 0.3) is 0 Å². The van der Waals surface area contributed by atoms with Crippen molar-refractivity contribution >= 4 is 5.91 Å². The van der Waals surface area contributed by atoms with Gasteiger partial charge in [0.25, 0.3) is 5.91 Å². The number of amides is 1. The Morgan fingerprint density at radius 2 is 1.65 bits per heavy atom. The fourth-order valence-electron chi connectivity index (χ4n) is 2.28. The minimum Gasteiger partial charge on any atom is -0.496 e. The van der Waals surface area contributed by atoms with Gasteiger partial charge >= 0.3 is 0 Å². The summed E-state index contributed by atoms with van der Waals surface area (Å²) in [6.45, 7) is 2.23. The molecule has 0 fully saturated rings. The molecule has 2 aromatic rings. The lowest BCUT2D eigenvalue weighted by molar-refractivity contribution is 0.0771. The van der Waals surface area contributed by atoms with Crippen LogP contribution in [0.5, 0.6) is 17.2 Å². The van der Waals surface area contributed by atoms with Crippen molar-refractivity contribution in [1.82, 2.24) is 4.90 Å². The van der Waals surface area contributed by atoms with Crippen LogP contribution in [0, 0.1) is 6.92 Å². The smallest absolute Gasteiger partial charge is 0.257 e. The Morgan fingerprint density at radius 1 is 1.04 bits per heavy atom. The van der Waals surface area contributed by atoms with Crippen LogP contribution in [0.15, 0.2) is 28.7 Å². The van der Waals surface area contributed by atoms with Crippen molar-refractivity contribution in [3.05, 3.63) is 41.3 Å². The van der Waals surface area contributed by atoms with E-state index in [0.717, 1.165) is 11.5 Å². The molecule has 1 aromatic heterocycles. The predicted octanol–water partition coefficient (Wildman–Crippen LogP) is 2.89. The van der Waals surface area contributed by atoms with Gasteiger partial charge in [0.05, 0.1) is 33.4 Å². The maximum absolute atomic E-state index is 12.7. The minimum absolute atomic E-state index is 0.197. The molecule has 0 aliphatic carbocycles. The molecule has 0 atom stereocenters. The first-order valence-corrected chi connectivity index (χ1v) is 7.11. The fraction of sp³-hybridized carbons (Fsp3) is 0.353. The molecule has 0 aliphatic rings. The minimum atomic E-state index is -0.197. The summed E-state index contributed by atoms with van der Waals surface area (Å²) in [5.41, 5.74) is 0.399. The number of furan rings is 1. The van der Waals surface area contributed by atoms with E-state index in [4.69, 9.17) is 18.6 Å². The number of ether oxygens (including phenoxy) is 3. The summed E-state index contributed by atoms with van der Waals surface area (Å²) < 4.78 is 21.3. The molecule has 1 heterocycles. The van der Waals surface area contributed by atoms with Gasteiger partial charge in [-0.15, -0.1) is 0 Å². The summed E-state index contributed by atoms with van der Waals surface area (Å²) in [5.74, 6) is 2.73. The van der Waals surface area contributed by atoms with Crippen LogP contribution in [0.2, 0.25) is 0 Å². The van der Waals surface area contributed by atoms with Gasteiger partial charge in [-0.05, 0) is 19.1 Å². The zero-order chi connectivity index (χ0) is 17.0. The summed E-state index contributed by atoms with van der Waals surface area (Å²) in [5, 5.41) is 0. The van der Waals surface area contributed by atoms with Crippen molar-refractivity contribution < 1.29 is 23.4 Å². The molecule has 2 rings (SSSR count). The number of hydrogen-bond donors (Lipinski definition) is 0. The van der Waals surface area contributed by atoms with Crippen LogP contribution in [0.1, 0.15) is 21.9 Å². The Labute approximate surface area is 135 Å². The van der Waals surface area contributed by atoms with Gasteiger partial charge in [-0.1, -0.05) is 0 Å². The Balaban J connectivity index is 2.29. The molecule has 6 heteroatoms. The number of hydrogen-bond acceptors (Lipinski definition) is 5. The van der Waals surface area contributed by atoms with Crippen LogP contribution in [-0.4, -0.2) is 39.2 Å². The van der Waals surface area contributed by atoms with Crippen molar-refractivity contribution in [1.29, 1.82) is 0 Å².